The number of para-hydroxylation sites is 1. The van der Waals surface area contributed by atoms with Gasteiger partial charge in [-0.25, -0.2) is 0 Å². The van der Waals surface area contributed by atoms with E-state index < -0.39 is 15.5 Å². The maximum atomic E-state index is 11.4. The number of rotatable bonds is 5. The van der Waals surface area contributed by atoms with Gasteiger partial charge in [0, 0.05) is 28.8 Å². The molecule has 3 aromatic rings. The molecule has 0 radical (unpaired) electrons. The average molecular weight is 438 g/mol. The van der Waals surface area contributed by atoms with E-state index in [1.807, 2.05) is 42.5 Å². The maximum absolute atomic E-state index is 11.4. The number of non-ortho nitro benzene ring substituents is 1. The van der Waals surface area contributed by atoms with Crippen LogP contribution in [0, 0.1) is 20.2 Å². The highest BCUT2D eigenvalue weighted by Gasteiger charge is 2.25. The van der Waals surface area contributed by atoms with Gasteiger partial charge in [-0.2, -0.15) is 5.10 Å². The molecule has 1 aliphatic heterocycles. The molecular formula is C21H16ClN5O4. The molecule has 3 aromatic carbocycles. The summed E-state index contributed by atoms with van der Waals surface area (Å²) in [5, 5.41) is 30.8. The molecule has 10 heteroatoms. The Morgan fingerprint density at radius 3 is 2.55 bits per heavy atom. The van der Waals surface area contributed by atoms with Crippen molar-refractivity contribution in [3.05, 3.63) is 103 Å². The number of halogens is 1. The van der Waals surface area contributed by atoms with Gasteiger partial charge >= 0.3 is 5.69 Å². The fourth-order valence-electron chi connectivity index (χ4n) is 3.44. The first-order chi connectivity index (χ1) is 14.9. The van der Waals surface area contributed by atoms with Crippen LogP contribution in [-0.2, 0) is 0 Å². The van der Waals surface area contributed by atoms with Crippen LogP contribution in [0.3, 0.4) is 0 Å². The van der Waals surface area contributed by atoms with E-state index in [0.29, 0.717) is 17.2 Å². The monoisotopic (exact) mass is 437 g/mol. The molecule has 1 unspecified atom stereocenters. The summed E-state index contributed by atoms with van der Waals surface area (Å²) in [4.78, 5) is 21.0. The van der Waals surface area contributed by atoms with E-state index in [-0.39, 0.29) is 17.4 Å². The van der Waals surface area contributed by atoms with Crippen LogP contribution in [0.1, 0.15) is 23.6 Å². The zero-order chi connectivity index (χ0) is 22.0. The second-order valence-corrected chi connectivity index (χ2v) is 7.32. The molecule has 1 aliphatic rings. The van der Waals surface area contributed by atoms with Crippen molar-refractivity contribution in [2.24, 2.45) is 5.10 Å². The molecule has 0 spiro atoms. The number of nitrogens with one attached hydrogen (secondary N) is 2. The van der Waals surface area contributed by atoms with E-state index >= 15 is 0 Å². The van der Waals surface area contributed by atoms with Crippen LogP contribution in [0.5, 0.6) is 0 Å². The van der Waals surface area contributed by atoms with Gasteiger partial charge in [0.2, 0.25) is 0 Å². The van der Waals surface area contributed by atoms with Gasteiger partial charge in [-0.05, 0) is 29.8 Å². The van der Waals surface area contributed by atoms with Gasteiger partial charge in [0.05, 0.1) is 27.7 Å². The molecule has 1 atom stereocenters. The number of fused-ring (bicyclic) bond motifs is 1. The van der Waals surface area contributed by atoms with Crippen molar-refractivity contribution in [2.75, 3.05) is 10.7 Å². The molecule has 0 aromatic heterocycles. The van der Waals surface area contributed by atoms with Crippen LogP contribution in [-0.4, -0.2) is 15.6 Å². The molecule has 0 saturated heterocycles. The zero-order valence-electron chi connectivity index (χ0n) is 16.0. The molecule has 0 amide bonds. The summed E-state index contributed by atoms with van der Waals surface area (Å²) in [6.45, 7) is 0. The molecule has 0 saturated carbocycles. The molecule has 9 nitrogen and oxygen atoms in total. The lowest BCUT2D eigenvalue weighted by Crippen LogP contribution is -2.24. The Hall–Kier alpha value is -3.98. The maximum Gasteiger partial charge on any atom is 0.301 e. The highest BCUT2D eigenvalue weighted by molar-refractivity contribution is 6.30. The first kappa shape index (κ1) is 20.3. The molecule has 4 rings (SSSR count). The quantitative estimate of drug-likeness (QED) is 0.399. The summed E-state index contributed by atoms with van der Waals surface area (Å²) in [5.74, 6) is 0. The second kappa shape index (κ2) is 8.41. The second-order valence-electron chi connectivity index (χ2n) is 6.89. The van der Waals surface area contributed by atoms with Crippen LogP contribution in [0.15, 0.2) is 71.8 Å². The third-order valence-corrected chi connectivity index (χ3v) is 5.15. The minimum atomic E-state index is -0.680. The molecule has 156 valence electrons. The Labute approximate surface area is 181 Å². The van der Waals surface area contributed by atoms with E-state index in [1.165, 1.54) is 12.1 Å². The number of hydrogen-bond acceptors (Lipinski definition) is 7. The number of nitro benzene ring substituents is 2. The van der Waals surface area contributed by atoms with Crippen molar-refractivity contribution in [3.8, 4) is 0 Å². The summed E-state index contributed by atoms with van der Waals surface area (Å²) >= 11 is 6.14. The van der Waals surface area contributed by atoms with Crippen LogP contribution in [0.4, 0.5) is 22.7 Å². The van der Waals surface area contributed by atoms with E-state index in [2.05, 4.69) is 15.8 Å². The fraction of sp³-hybridized carbons (Fsp3) is 0.0952. The number of benzene rings is 3. The van der Waals surface area contributed by atoms with Crippen molar-refractivity contribution in [2.45, 2.75) is 12.5 Å². The van der Waals surface area contributed by atoms with Gasteiger partial charge in [-0.15, -0.1) is 0 Å². The normalized spacial score (nSPS) is 16.3. The Morgan fingerprint density at radius 2 is 1.81 bits per heavy atom. The zero-order valence-corrected chi connectivity index (χ0v) is 16.7. The van der Waals surface area contributed by atoms with Gasteiger partial charge in [0.1, 0.15) is 5.69 Å². The van der Waals surface area contributed by atoms with Gasteiger partial charge in [-0.3, -0.25) is 25.7 Å². The molecule has 1 heterocycles. The third kappa shape index (κ3) is 4.31. The Morgan fingerprint density at radius 1 is 1.00 bits per heavy atom. The average Bonchev–Trinajstić information content (AvgIpc) is 2.77. The first-order valence-electron chi connectivity index (χ1n) is 9.29. The molecule has 2 N–H and O–H groups in total. The minimum Gasteiger partial charge on any atom is -0.377 e. The van der Waals surface area contributed by atoms with Gasteiger partial charge in [0.15, 0.2) is 0 Å². The Bertz CT molecular complexity index is 1210. The third-order valence-electron chi connectivity index (χ3n) is 4.92. The SMILES string of the molecule is O=[N+]([O-])c1ccc(N/N=C2\CC(c3cccc(Cl)c3)Nc3ccccc32)c([N+](=O)[O-])c1. The van der Waals surface area contributed by atoms with E-state index in [1.54, 1.807) is 6.07 Å². The van der Waals surface area contributed by atoms with Crippen molar-refractivity contribution >= 4 is 40.1 Å². The largest absolute Gasteiger partial charge is 0.377 e. The number of nitro groups is 2. The predicted molar refractivity (Wildman–Crippen MR) is 119 cm³/mol. The van der Waals surface area contributed by atoms with Crippen molar-refractivity contribution in [3.63, 3.8) is 0 Å². The molecular weight excluding hydrogens is 422 g/mol. The van der Waals surface area contributed by atoms with Crippen LogP contribution in [0.2, 0.25) is 5.02 Å². The number of anilines is 2. The molecule has 31 heavy (non-hydrogen) atoms. The van der Waals surface area contributed by atoms with Crippen LogP contribution >= 0.6 is 11.6 Å². The minimum absolute atomic E-state index is 0.0680. The number of hydrogen-bond donors (Lipinski definition) is 2. The smallest absolute Gasteiger partial charge is 0.301 e. The fourth-order valence-corrected chi connectivity index (χ4v) is 3.64. The van der Waals surface area contributed by atoms with Gasteiger partial charge < -0.3 is 5.32 Å². The van der Waals surface area contributed by atoms with Crippen molar-refractivity contribution in [1.82, 2.24) is 0 Å². The van der Waals surface area contributed by atoms with Crippen LogP contribution in [0.25, 0.3) is 0 Å². The summed E-state index contributed by atoms with van der Waals surface area (Å²) in [7, 11) is 0. The number of nitrogens with zero attached hydrogens (tertiary/aromatic N) is 3. The summed E-state index contributed by atoms with van der Waals surface area (Å²) in [6, 6.07) is 18.4. The van der Waals surface area contributed by atoms with E-state index in [9.17, 15) is 20.2 Å². The molecule has 0 aliphatic carbocycles. The summed E-state index contributed by atoms with van der Waals surface area (Å²) in [6.07, 6.45) is 0.505. The lowest BCUT2D eigenvalue weighted by atomic mass is 9.92. The molecule has 0 bridgehead atoms. The Kier molecular flexibility index (Phi) is 5.50. The van der Waals surface area contributed by atoms with Crippen LogP contribution < -0.4 is 10.7 Å². The topological polar surface area (TPSA) is 123 Å². The first-order valence-corrected chi connectivity index (χ1v) is 9.67. The van der Waals surface area contributed by atoms with E-state index in [4.69, 9.17) is 11.6 Å². The predicted octanol–water partition coefficient (Wildman–Crippen LogP) is 5.53. The molecule has 0 fully saturated rings. The van der Waals surface area contributed by atoms with Crippen molar-refractivity contribution < 1.29 is 9.85 Å². The number of hydrazone groups is 1. The summed E-state index contributed by atoms with van der Waals surface area (Å²) < 4.78 is 0. The van der Waals surface area contributed by atoms with Gasteiger partial charge in [0.25, 0.3) is 5.69 Å². The lowest BCUT2D eigenvalue weighted by Gasteiger charge is -2.28. The van der Waals surface area contributed by atoms with Crippen molar-refractivity contribution in [1.29, 1.82) is 0 Å². The standard InChI is InChI=1S/C21H16ClN5O4/c22-14-5-3-4-13(10-14)19-12-20(16-6-1-2-7-17(16)23-19)25-24-18-9-8-15(26(28)29)11-21(18)27(30)31/h1-11,19,23-24H,12H2/b25-20+. The Balaban J connectivity index is 1.69. The highest BCUT2D eigenvalue weighted by atomic mass is 35.5. The summed E-state index contributed by atoms with van der Waals surface area (Å²) in [5.41, 5.74) is 5.41. The lowest BCUT2D eigenvalue weighted by molar-refractivity contribution is -0.393. The highest BCUT2D eigenvalue weighted by Crippen LogP contribution is 2.34. The van der Waals surface area contributed by atoms with E-state index in [0.717, 1.165) is 22.9 Å². The van der Waals surface area contributed by atoms with Gasteiger partial charge in [-0.1, -0.05) is 41.9 Å².